The molecule has 236 valence electrons. The number of carbonyl (C=O) groups excluding carboxylic acids is 1. The van der Waals surface area contributed by atoms with Crippen LogP contribution in [0.15, 0.2) is 12.2 Å². The van der Waals surface area contributed by atoms with Gasteiger partial charge in [0, 0.05) is 0 Å². The molecule has 0 aliphatic carbocycles. The summed E-state index contributed by atoms with van der Waals surface area (Å²) in [6.07, 6.45) is 39.7. The molecule has 1 atom stereocenters. The molecular weight excluding hydrogens is 496 g/mol. The quantitative estimate of drug-likeness (QED) is 0.0501. The highest BCUT2D eigenvalue weighted by Gasteiger charge is 2.22. The Kier molecular flexibility index (Phi) is 31.1. The van der Waals surface area contributed by atoms with Gasteiger partial charge in [0.25, 0.3) is 0 Å². The zero-order valence-corrected chi connectivity index (χ0v) is 26.9. The zero-order valence-electron chi connectivity index (χ0n) is 26.9. The van der Waals surface area contributed by atoms with Gasteiger partial charge in [0.05, 0.1) is 18.9 Å². The van der Waals surface area contributed by atoms with Crippen molar-refractivity contribution in [1.82, 2.24) is 0 Å². The second-order valence-electron chi connectivity index (χ2n) is 12.1. The van der Waals surface area contributed by atoms with Crippen molar-refractivity contribution in [3.63, 3.8) is 0 Å². The SMILES string of the molecule is C/C=C/CCCCCCCCCCCCCCCCCCCCCCCCCCC(CC(=O)O)C(=O)OCCC. The van der Waals surface area contributed by atoms with Gasteiger partial charge >= 0.3 is 11.9 Å². The molecular formula is C36H68O4. The molecule has 0 rings (SSSR count). The summed E-state index contributed by atoms with van der Waals surface area (Å²) in [6.45, 7) is 4.44. The van der Waals surface area contributed by atoms with Gasteiger partial charge in [-0.05, 0) is 32.6 Å². The van der Waals surface area contributed by atoms with Crippen molar-refractivity contribution in [2.75, 3.05) is 6.61 Å². The normalized spacial score (nSPS) is 12.2. The van der Waals surface area contributed by atoms with Crippen LogP contribution in [-0.4, -0.2) is 23.7 Å². The number of unbranched alkanes of at least 4 members (excludes halogenated alkanes) is 24. The summed E-state index contributed by atoms with van der Waals surface area (Å²) < 4.78 is 5.16. The second-order valence-corrected chi connectivity index (χ2v) is 12.1. The highest BCUT2D eigenvalue weighted by atomic mass is 16.5. The third kappa shape index (κ3) is 29.7. The number of esters is 1. The predicted octanol–water partition coefficient (Wildman–Crippen LogP) is 11.7. The molecule has 4 heteroatoms. The van der Waals surface area contributed by atoms with Crippen LogP contribution in [0.4, 0.5) is 0 Å². The Morgan fingerprint density at radius 3 is 1.27 bits per heavy atom. The van der Waals surface area contributed by atoms with Crippen LogP contribution >= 0.6 is 0 Å². The van der Waals surface area contributed by atoms with Crippen LogP contribution in [0.5, 0.6) is 0 Å². The van der Waals surface area contributed by atoms with Gasteiger partial charge in [-0.1, -0.05) is 167 Å². The fourth-order valence-corrected chi connectivity index (χ4v) is 5.54. The second kappa shape index (κ2) is 32.2. The summed E-state index contributed by atoms with van der Waals surface area (Å²) >= 11 is 0. The number of carboxylic acids is 1. The molecule has 1 N–H and O–H groups in total. The fraction of sp³-hybridized carbons (Fsp3) is 0.889. The minimum atomic E-state index is -0.915. The minimum Gasteiger partial charge on any atom is -0.481 e. The molecule has 0 amide bonds. The number of carboxylic acid groups (broad SMARTS) is 1. The van der Waals surface area contributed by atoms with Gasteiger partial charge in [0.1, 0.15) is 0 Å². The average molecular weight is 565 g/mol. The molecule has 0 aliphatic rings. The fourth-order valence-electron chi connectivity index (χ4n) is 5.54. The Hall–Kier alpha value is -1.32. The van der Waals surface area contributed by atoms with Crippen LogP contribution in [0.25, 0.3) is 0 Å². The molecule has 40 heavy (non-hydrogen) atoms. The summed E-state index contributed by atoms with van der Waals surface area (Å²) in [5.74, 6) is -1.73. The predicted molar refractivity (Wildman–Crippen MR) is 172 cm³/mol. The Morgan fingerprint density at radius 1 is 0.600 bits per heavy atom. The number of hydrogen-bond donors (Lipinski definition) is 1. The maximum absolute atomic E-state index is 12.0. The van der Waals surface area contributed by atoms with E-state index in [0.717, 1.165) is 19.3 Å². The highest BCUT2D eigenvalue weighted by Crippen LogP contribution is 2.19. The van der Waals surface area contributed by atoms with Crippen LogP contribution in [-0.2, 0) is 14.3 Å². The van der Waals surface area contributed by atoms with Crippen LogP contribution in [0.3, 0.4) is 0 Å². The van der Waals surface area contributed by atoms with E-state index in [2.05, 4.69) is 19.1 Å². The topological polar surface area (TPSA) is 63.6 Å². The Labute approximate surface area is 249 Å². The maximum Gasteiger partial charge on any atom is 0.309 e. The average Bonchev–Trinajstić information content (AvgIpc) is 2.94. The van der Waals surface area contributed by atoms with Crippen molar-refractivity contribution in [3.8, 4) is 0 Å². The highest BCUT2D eigenvalue weighted by molar-refractivity contribution is 5.79. The van der Waals surface area contributed by atoms with Gasteiger partial charge in [-0.2, -0.15) is 0 Å². The van der Waals surface area contributed by atoms with Crippen molar-refractivity contribution >= 4 is 11.9 Å². The van der Waals surface area contributed by atoms with Crippen molar-refractivity contribution in [2.24, 2.45) is 5.92 Å². The molecule has 0 spiro atoms. The molecule has 0 heterocycles. The third-order valence-electron chi connectivity index (χ3n) is 8.11. The van der Waals surface area contributed by atoms with E-state index in [1.807, 2.05) is 6.92 Å². The maximum atomic E-state index is 12.0. The van der Waals surface area contributed by atoms with E-state index in [1.165, 1.54) is 148 Å². The van der Waals surface area contributed by atoms with Crippen molar-refractivity contribution < 1.29 is 19.4 Å². The molecule has 0 aliphatic heterocycles. The monoisotopic (exact) mass is 565 g/mol. The van der Waals surface area contributed by atoms with E-state index in [0.29, 0.717) is 13.0 Å². The van der Waals surface area contributed by atoms with Gasteiger partial charge < -0.3 is 9.84 Å². The Balaban J connectivity index is 3.29. The zero-order chi connectivity index (χ0) is 29.4. The van der Waals surface area contributed by atoms with E-state index in [9.17, 15) is 9.59 Å². The largest absolute Gasteiger partial charge is 0.481 e. The van der Waals surface area contributed by atoms with E-state index in [-0.39, 0.29) is 12.4 Å². The molecule has 1 unspecified atom stereocenters. The van der Waals surface area contributed by atoms with E-state index in [1.54, 1.807) is 0 Å². The van der Waals surface area contributed by atoms with Gasteiger partial charge in [-0.15, -0.1) is 0 Å². The first-order valence-electron chi connectivity index (χ1n) is 17.6. The first-order chi connectivity index (χ1) is 19.6. The molecule has 0 saturated heterocycles. The lowest BCUT2D eigenvalue weighted by Crippen LogP contribution is -2.21. The number of rotatable bonds is 32. The standard InChI is InChI=1S/C36H68O4/c1-3-5-6-7-8-9-10-11-12-13-14-15-16-17-18-19-20-21-22-23-24-25-26-27-28-29-30-31-34(33-35(37)38)36(39)40-32-4-2/h3,5,34H,4,6-33H2,1-2H3,(H,37,38)/b5-3+. The van der Waals surface area contributed by atoms with Crippen molar-refractivity contribution in [1.29, 1.82) is 0 Å². The lowest BCUT2D eigenvalue weighted by atomic mass is 9.97. The van der Waals surface area contributed by atoms with Crippen molar-refractivity contribution in [2.45, 2.75) is 194 Å². The summed E-state index contributed by atoms with van der Waals surface area (Å²) in [5, 5.41) is 9.05. The van der Waals surface area contributed by atoms with Crippen LogP contribution < -0.4 is 0 Å². The number of carbonyl (C=O) groups is 2. The Bertz CT molecular complexity index is 571. The van der Waals surface area contributed by atoms with E-state index in [4.69, 9.17) is 9.84 Å². The summed E-state index contributed by atoms with van der Waals surface area (Å²) in [5.41, 5.74) is 0. The molecule has 4 nitrogen and oxygen atoms in total. The van der Waals surface area contributed by atoms with Gasteiger partial charge in [0.15, 0.2) is 0 Å². The molecule has 0 aromatic carbocycles. The van der Waals surface area contributed by atoms with Crippen LogP contribution in [0.2, 0.25) is 0 Å². The molecule has 0 radical (unpaired) electrons. The van der Waals surface area contributed by atoms with Gasteiger partial charge in [-0.25, -0.2) is 0 Å². The number of allylic oxidation sites excluding steroid dienone is 2. The first kappa shape index (κ1) is 38.7. The Morgan fingerprint density at radius 2 is 0.950 bits per heavy atom. The lowest BCUT2D eigenvalue weighted by Gasteiger charge is -2.13. The summed E-state index contributed by atoms with van der Waals surface area (Å²) in [6, 6.07) is 0. The van der Waals surface area contributed by atoms with Crippen molar-refractivity contribution in [3.05, 3.63) is 12.2 Å². The minimum absolute atomic E-state index is 0.110. The number of aliphatic carboxylic acids is 1. The molecule has 0 fully saturated rings. The van der Waals surface area contributed by atoms with Gasteiger partial charge in [-0.3, -0.25) is 9.59 Å². The molecule has 0 aromatic rings. The van der Waals surface area contributed by atoms with E-state index >= 15 is 0 Å². The summed E-state index contributed by atoms with van der Waals surface area (Å²) in [4.78, 5) is 23.1. The molecule has 0 aromatic heterocycles. The smallest absolute Gasteiger partial charge is 0.309 e. The third-order valence-corrected chi connectivity index (χ3v) is 8.11. The number of hydrogen-bond acceptors (Lipinski definition) is 3. The molecule has 0 saturated carbocycles. The molecule has 0 bridgehead atoms. The first-order valence-corrected chi connectivity index (χ1v) is 17.6. The van der Waals surface area contributed by atoms with Gasteiger partial charge in [0.2, 0.25) is 0 Å². The van der Waals surface area contributed by atoms with E-state index < -0.39 is 11.9 Å². The number of ether oxygens (including phenoxy) is 1. The summed E-state index contributed by atoms with van der Waals surface area (Å²) in [7, 11) is 0. The lowest BCUT2D eigenvalue weighted by molar-refractivity contribution is -0.153. The van der Waals surface area contributed by atoms with Crippen LogP contribution in [0.1, 0.15) is 194 Å². The van der Waals surface area contributed by atoms with Crippen LogP contribution in [0, 0.1) is 5.92 Å².